The van der Waals surface area contributed by atoms with Gasteiger partial charge in [-0.3, -0.25) is 0 Å². The third-order valence-electron chi connectivity index (χ3n) is 0.296. The highest BCUT2D eigenvalue weighted by Crippen LogP contribution is 2.06. The van der Waals surface area contributed by atoms with Crippen LogP contribution in [0.1, 0.15) is 6.92 Å². The van der Waals surface area contributed by atoms with E-state index in [9.17, 15) is 0 Å². The van der Waals surface area contributed by atoms with Crippen LogP contribution in [0.5, 0.6) is 0 Å². The highest BCUT2D eigenvalue weighted by atomic mass is 32.1. The van der Waals surface area contributed by atoms with E-state index in [-0.39, 0.29) is 0 Å². The van der Waals surface area contributed by atoms with Crippen molar-refractivity contribution in [2.24, 2.45) is 0 Å². The fraction of sp³-hybridized carbons (Fsp3) is 0.333. The maximum atomic E-state index is 3.92. The lowest BCUT2D eigenvalue weighted by Crippen LogP contribution is -1.37. The van der Waals surface area contributed by atoms with Gasteiger partial charge < -0.3 is 0 Å². The van der Waals surface area contributed by atoms with Gasteiger partial charge >= 0.3 is 0 Å². The Hall–Kier alpha value is 0.520. The van der Waals surface area contributed by atoms with E-state index in [1.807, 2.05) is 13.0 Å². The number of thiol groups is 1. The van der Waals surface area contributed by atoms with E-state index in [1.165, 1.54) is 0 Å². The Bertz CT molecular complexity index is 44.9. The van der Waals surface area contributed by atoms with Crippen molar-refractivity contribution in [3.63, 3.8) is 0 Å². The molecule has 0 bridgehead atoms. The molecular weight excluding hydrogens is 99.1 g/mol. The third kappa shape index (κ3) is 4.52. The van der Waals surface area contributed by atoms with E-state index >= 15 is 0 Å². The van der Waals surface area contributed by atoms with Crippen molar-refractivity contribution in [1.29, 1.82) is 0 Å². The van der Waals surface area contributed by atoms with E-state index in [2.05, 4.69) is 21.9 Å². The summed E-state index contributed by atoms with van der Waals surface area (Å²) in [6, 6.07) is 0. The van der Waals surface area contributed by atoms with Gasteiger partial charge in [0.2, 0.25) is 0 Å². The lowest BCUT2D eigenvalue weighted by Gasteiger charge is -1.72. The number of hydrogen-bond donors (Lipinski definition) is 1. The van der Waals surface area contributed by atoms with Gasteiger partial charge in [-0.15, -0.1) is 12.6 Å². The van der Waals surface area contributed by atoms with Gasteiger partial charge in [0.1, 0.15) is 0 Å². The summed E-state index contributed by atoms with van der Waals surface area (Å²) >= 11 is 3.92. The number of hydrogen-bond acceptors (Lipinski definition) is 1. The van der Waals surface area contributed by atoms with Crippen molar-refractivity contribution in [1.82, 2.24) is 0 Å². The highest BCUT2D eigenvalue weighted by molar-refractivity contribution is 7.90. The summed E-state index contributed by atoms with van der Waals surface area (Å²) in [5, 5.41) is 0. The standard InChI is InChI=1S/C3H7PS/c1-2-3(4)5/h2,5H,4H2,1H3. The summed E-state index contributed by atoms with van der Waals surface area (Å²) < 4.78 is 0.991. The van der Waals surface area contributed by atoms with Crippen LogP contribution in [-0.2, 0) is 0 Å². The molecule has 1 unspecified atom stereocenters. The third-order valence-corrected chi connectivity index (χ3v) is 0.887. The van der Waals surface area contributed by atoms with Crippen LogP contribution in [0.2, 0.25) is 0 Å². The molecule has 0 aliphatic rings. The summed E-state index contributed by atoms with van der Waals surface area (Å²) in [6.07, 6.45) is 1.91. The maximum Gasteiger partial charge on any atom is -0.00533 e. The summed E-state index contributed by atoms with van der Waals surface area (Å²) in [5.74, 6) is 0. The van der Waals surface area contributed by atoms with Crippen LogP contribution in [0.25, 0.3) is 0 Å². The molecule has 0 aromatic heterocycles. The van der Waals surface area contributed by atoms with E-state index in [0.717, 1.165) is 4.65 Å². The molecule has 0 saturated heterocycles. The Morgan fingerprint density at radius 2 is 2.20 bits per heavy atom. The first-order chi connectivity index (χ1) is 2.27. The molecule has 0 aromatic carbocycles. The maximum absolute atomic E-state index is 3.92. The van der Waals surface area contributed by atoms with Gasteiger partial charge in [0.25, 0.3) is 0 Å². The Morgan fingerprint density at radius 3 is 2.20 bits per heavy atom. The summed E-state index contributed by atoms with van der Waals surface area (Å²) in [4.78, 5) is 0. The molecule has 0 aromatic rings. The average Bonchev–Trinajstić information content (AvgIpc) is 1.38. The second-order valence-electron chi connectivity index (χ2n) is 0.714. The Kier molecular flexibility index (Phi) is 3.03. The molecule has 0 aliphatic heterocycles. The molecule has 0 radical (unpaired) electrons. The quantitative estimate of drug-likeness (QED) is 0.352. The van der Waals surface area contributed by atoms with Crippen molar-refractivity contribution in [2.45, 2.75) is 6.92 Å². The summed E-state index contributed by atoms with van der Waals surface area (Å²) in [7, 11) is 2.46. The molecule has 0 rings (SSSR count). The molecule has 0 amide bonds. The smallest absolute Gasteiger partial charge is 0.00533 e. The minimum atomic E-state index is 0.991. The van der Waals surface area contributed by atoms with Crippen molar-refractivity contribution >= 4 is 21.9 Å². The molecule has 0 saturated carbocycles. The molecule has 0 aliphatic carbocycles. The monoisotopic (exact) mass is 106 g/mol. The van der Waals surface area contributed by atoms with Crippen LogP contribution in [0.15, 0.2) is 10.7 Å². The SMILES string of the molecule is CC=C(P)S. The van der Waals surface area contributed by atoms with Gasteiger partial charge in [0, 0.05) is 0 Å². The fourth-order valence-corrected chi connectivity index (χ4v) is 0. The fourth-order valence-electron chi connectivity index (χ4n) is 0. The zero-order valence-corrected chi connectivity index (χ0v) is 5.15. The first-order valence-electron chi connectivity index (χ1n) is 1.38. The van der Waals surface area contributed by atoms with Gasteiger partial charge in [-0.25, -0.2) is 0 Å². The molecular formula is C3H7PS. The van der Waals surface area contributed by atoms with Crippen LogP contribution in [0.4, 0.5) is 0 Å². The lowest BCUT2D eigenvalue weighted by molar-refractivity contribution is 1.78. The predicted octanol–water partition coefficient (Wildman–Crippen LogP) is 1.65. The van der Waals surface area contributed by atoms with E-state index in [1.54, 1.807) is 0 Å². The van der Waals surface area contributed by atoms with Crippen molar-refractivity contribution < 1.29 is 0 Å². The van der Waals surface area contributed by atoms with Crippen LogP contribution in [-0.4, -0.2) is 0 Å². The minimum Gasteiger partial charge on any atom is -0.144 e. The van der Waals surface area contributed by atoms with Crippen LogP contribution < -0.4 is 0 Å². The van der Waals surface area contributed by atoms with Crippen LogP contribution in [0.3, 0.4) is 0 Å². The Morgan fingerprint density at radius 1 is 2.00 bits per heavy atom. The van der Waals surface area contributed by atoms with Gasteiger partial charge in [-0.05, 0) is 11.6 Å². The zero-order chi connectivity index (χ0) is 4.28. The zero-order valence-electron chi connectivity index (χ0n) is 3.10. The second-order valence-corrected chi connectivity index (χ2v) is 2.34. The Balaban J connectivity index is 3.14. The molecule has 0 heterocycles. The average molecular weight is 106 g/mol. The van der Waals surface area contributed by atoms with E-state index in [0.29, 0.717) is 0 Å². The predicted molar refractivity (Wildman–Crippen MR) is 32.5 cm³/mol. The normalized spacial score (nSPS) is 12.2. The molecule has 30 valence electrons. The molecule has 0 fully saturated rings. The highest BCUT2D eigenvalue weighted by Gasteiger charge is 1.61. The lowest BCUT2D eigenvalue weighted by atomic mass is 10.8. The van der Waals surface area contributed by atoms with Gasteiger partial charge in [0.15, 0.2) is 0 Å². The molecule has 0 nitrogen and oxygen atoms in total. The van der Waals surface area contributed by atoms with Gasteiger partial charge in [-0.1, -0.05) is 15.3 Å². The largest absolute Gasteiger partial charge is 0.144 e. The van der Waals surface area contributed by atoms with Crippen molar-refractivity contribution in [3.05, 3.63) is 10.7 Å². The van der Waals surface area contributed by atoms with Crippen LogP contribution >= 0.6 is 21.9 Å². The first-order valence-corrected chi connectivity index (χ1v) is 2.40. The van der Waals surface area contributed by atoms with E-state index < -0.39 is 0 Å². The second kappa shape index (κ2) is 2.74. The van der Waals surface area contributed by atoms with Crippen molar-refractivity contribution in [2.75, 3.05) is 0 Å². The van der Waals surface area contributed by atoms with Gasteiger partial charge in [0.05, 0.1) is 0 Å². The van der Waals surface area contributed by atoms with E-state index in [4.69, 9.17) is 0 Å². The van der Waals surface area contributed by atoms with Crippen LogP contribution in [0, 0.1) is 0 Å². The Labute approximate surface area is 40.3 Å². The topological polar surface area (TPSA) is 0 Å². The van der Waals surface area contributed by atoms with Crippen molar-refractivity contribution in [3.8, 4) is 0 Å². The molecule has 0 spiro atoms. The minimum absolute atomic E-state index is 0.991. The first kappa shape index (κ1) is 5.52. The molecule has 2 heteroatoms. The molecule has 1 atom stereocenters. The molecule has 5 heavy (non-hydrogen) atoms. The molecule has 0 N–H and O–H groups in total. The van der Waals surface area contributed by atoms with Gasteiger partial charge in [-0.2, -0.15) is 0 Å². The number of rotatable bonds is 0. The summed E-state index contributed by atoms with van der Waals surface area (Å²) in [6.45, 7) is 1.94. The number of allylic oxidation sites excluding steroid dienone is 1. The summed E-state index contributed by atoms with van der Waals surface area (Å²) in [5.41, 5.74) is 0.